The van der Waals surface area contributed by atoms with Gasteiger partial charge in [0.2, 0.25) is 0 Å². The van der Waals surface area contributed by atoms with Crippen molar-refractivity contribution in [3.05, 3.63) is 0 Å². The average Bonchev–Trinajstić information content (AvgIpc) is 2.03. The first-order valence-corrected chi connectivity index (χ1v) is 4.82. The van der Waals surface area contributed by atoms with E-state index < -0.39 is 18.0 Å². The summed E-state index contributed by atoms with van der Waals surface area (Å²) in [4.78, 5) is 19.7. The van der Waals surface area contributed by atoms with Crippen LogP contribution in [0.2, 0.25) is 0 Å². The number of hydrogen-bond donors (Lipinski definition) is 3. The molecule has 0 rings (SSSR count). The van der Waals surface area contributed by atoms with Gasteiger partial charge in [0.15, 0.2) is 0 Å². The predicted octanol–water partition coefficient (Wildman–Crippen LogP) is 1.32. The lowest BCUT2D eigenvalue weighted by atomic mass is 9.87. The molecule has 5 nitrogen and oxygen atoms in total. The van der Waals surface area contributed by atoms with Gasteiger partial charge in [-0.1, -0.05) is 27.2 Å². The van der Waals surface area contributed by atoms with Crippen LogP contribution in [0.5, 0.6) is 0 Å². The molecule has 0 aliphatic carbocycles. The minimum absolute atomic E-state index is 0.0359. The zero-order chi connectivity index (χ0) is 12.6. The van der Waals surface area contributed by atoms with E-state index in [4.69, 9.17) is 15.9 Å². The molecule has 0 fully saturated rings. The maximum atomic E-state index is 10.2. The summed E-state index contributed by atoms with van der Waals surface area (Å²) in [5, 5.41) is 16.2. The second kappa shape index (κ2) is 7.23. The van der Waals surface area contributed by atoms with Crippen molar-refractivity contribution in [3.8, 4) is 0 Å². The van der Waals surface area contributed by atoms with Crippen molar-refractivity contribution < 1.29 is 19.8 Å². The molecule has 0 bridgehead atoms. The van der Waals surface area contributed by atoms with Crippen molar-refractivity contribution in [1.29, 1.82) is 0 Å². The normalized spacial score (nSPS) is 12.3. The monoisotopic (exact) mass is 219 g/mol. The number of nitrogens with two attached hydrogens (primary N) is 1. The third-order valence-electron chi connectivity index (χ3n) is 1.98. The fourth-order valence-electron chi connectivity index (χ4n) is 0.534. The van der Waals surface area contributed by atoms with Gasteiger partial charge in [-0.2, -0.15) is 0 Å². The first-order valence-electron chi connectivity index (χ1n) is 4.82. The second-order valence-electron chi connectivity index (χ2n) is 4.22. The quantitative estimate of drug-likeness (QED) is 0.662. The fraction of sp³-hybridized carbons (Fsp3) is 0.800. The smallest absolute Gasteiger partial charge is 0.320 e. The van der Waals surface area contributed by atoms with Crippen molar-refractivity contribution in [1.82, 2.24) is 0 Å². The number of hydrogen-bond acceptors (Lipinski definition) is 3. The lowest BCUT2D eigenvalue weighted by Gasteiger charge is -2.18. The molecule has 90 valence electrons. The van der Waals surface area contributed by atoms with Gasteiger partial charge in [-0.15, -0.1) is 0 Å². The average molecular weight is 219 g/mol. The van der Waals surface area contributed by atoms with Crippen molar-refractivity contribution in [3.63, 3.8) is 0 Å². The van der Waals surface area contributed by atoms with E-state index >= 15 is 0 Å². The molecule has 1 atom stereocenters. The molecular formula is C10H21NO4. The lowest BCUT2D eigenvalue weighted by molar-refractivity contribution is -0.139. The molecule has 0 amide bonds. The van der Waals surface area contributed by atoms with Crippen molar-refractivity contribution in [2.75, 3.05) is 0 Å². The summed E-state index contributed by atoms with van der Waals surface area (Å²) >= 11 is 0. The molecule has 0 aromatic rings. The third-order valence-corrected chi connectivity index (χ3v) is 1.98. The van der Waals surface area contributed by atoms with E-state index in [0.29, 0.717) is 0 Å². The van der Waals surface area contributed by atoms with E-state index in [1.807, 2.05) is 20.8 Å². The van der Waals surface area contributed by atoms with Crippen LogP contribution in [0.15, 0.2) is 0 Å². The molecule has 4 N–H and O–H groups in total. The van der Waals surface area contributed by atoms with Crippen LogP contribution in [0.1, 0.15) is 40.5 Å². The summed E-state index contributed by atoms with van der Waals surface area (Å²) in [6.45, 7) is 7.34. The Hall–Kier alpha value is -1.10. The van der Waals surface area contributed by atoms with Crippen LogP contribution in [0.25, 0.3) is 0 Å². The number of carboxylic acid groups (broad SMARTS) is 2. The van der Waals surface area contributed by atoms with E-state index in [-0.39, 0.29) is 11.8 Å². The van der Waals surface area contributed by atoms with Crippen molar-refractivity contribution in [2.45, 2.75) is 46.6 Å². The molecule has 0 saturated heterocycles. The molecule has 0 saturated carbocycles. The molecule has 0 spiro atoms. The molecule has 0 aromatic carbocycles. The van der Waals surface area contributed by atoms with Crippen LogP contribution < -0.4 is 5.73 Å². The van der Waals surface area contributed by atoms with Gasteiger partial charge in [0.25, 0.3) is 0 Å². The number of rotatable bonds is 4. The Bertz CT molecular complexity index is 211. The fourth-order valence-corrected chi connectivity index (χ4v) is 0.534. The minimum atomic E-state index is -0.963. The highest BCUT2D eigenvalue weighted by Crippen LogP contribution is 2.23. The van der Waals surface area contributed by atoms with Gasteiger partial charge in [0, 0.05) is 0 Å². The van der Waals surface area contributed by atoms with Gasteiger partial charge in [-0.25, -0.2) is 0 Å². The summed E-state index contributed by atoms with van der Waals surface area (Å²) in [5.41, 5.74) is 4.80. The van der Waals surface area contributed by atoms with Crippen LogP contribution >= 0.6 is 0 Å². The van der Waals surface area contributed by atoms with Crippen LogP contribution in [0.3, 0.4) is 0 Å². The number of carbonyl (C=O) groups is 2. The first kappa shape index (κ1) is 16.3. The second-order valence-corrected chi connectivity index (χ2v) is 4.22. The van der Waals surface area contributed by atoms with Gasteiger partial charge in [0.05, 0.1) is 6.42 Å². The Kier molecular flexibility index (Phi) is 7.87. The van der Waals surface area contributed by atoms with Crippen molar-refractivity contribution >= 4 is 11.9 Å². The van der Waals surface area contributed by atoms with Gasteiger partial charge in [-0.05, 0) is 12.3 Å². The van der Waals surface area contributed by atoms with Gasteiger partial charge >= 0.3 is 11.9 Å². The zero-order valence-electron chi connectivity index (χ0n) is 9.78. The van der Waals surface area contributed by atoms with Gasteiger partial charge in [-0.3, -0.25) is 9.59 Å². The van der Waals surface area contributed by atoms with Crippen molar-refractivity contribution in [2.24, 2.45) is 11.1 Å². The summed E-state index contributed by atoms with van der Waals surface area (Å²) in [7, 11) is 0. The predicted molar refractivity (Wildman–Crippen MR) is 57.6 cm³/mol. The van der Waals surface area contributed by atoms with E-state index in [0.717, 1.165) is 6.42 Å². The van der Waals surface area contributed by atoms with Crippen LogP contribution in [-0.2, 0) is 9.59 Å². The highest BCUT2D eigenvalue weighted by molar-refractivity contribution is 5.72. The van der Waals surface area contributed by atoms with Gasteiger partial charge in [0.1, 0.15) is 6.04 Å². The molecule has 0 aromatic heterocycles. The van der Waals surface area contributed by atoms with Crippen LogP contribution in [-0.4, -0.2) is 28.2 Å². The topological polar surface area (TPSA) is 101 Å². The molecule has 15 heavy (non-hydrogen) atoms. The Labute approximate surface area is 90.3 Å². The molecule has 0 radical (unpaired) electrons. The highest BCUT2D eigenvalue weighted by atomic mass is 16.4. The molecule has 0 aliphatic heterocycles. The van der Waals surface area contributed by atoms with Gasteiger partial charge < -0.3 is 15.9 Å². The summed E-state index contributed by atoms with van der Waals surface area (Å²) in [5.74, 6) is -1.67. The van der Waals surface area contributed by atoms with E-state index in [2.05, 4.69) is 0 Å². The molecule has 0 heterocycles. The van der Waals surface area contributed by atoms with E-state index in [1.54, 1.807) is 0 Å². The SMILES string of the molecule is CCC(C)(C)CC(=O)O.C[C@H](N)C(=O)O. The minimum Gasteiger partial charge on any atom is -0.481 e. The maximum absolute atomic E-state index is 10.2. The zero-order valence-corrected chi connectivity index (χ0v) is 9.78. The Morgan fingerprint density at radius 2 is 1.67 bits per heavy atom. The third kappa shape index (κ3) is 12.9. The van der Waals surface area contributed by atoms with E-state index in [1.165, 1.54) is 6.92 Å². The maximum Gasteiger partial charge on any atom is 0.320 e. The number of carboxylic acids is 2. The first-order chi connectivity index (χ1) is 6.62. The Balaban J connectivity index is 0. The van der Waals surface area contributed by atoms with E-state index in [9.17, 15) is 9.59 Å². The standard InChI is InChI=1S/C7H14O2.C3H7NO2/c1-4-7(2,3)5-6(8)9;1-2(4)3(5)6/h4-5H2,1-3H3,(H,8,9);2H,4H2,1H3,(H,5,6)/t;2-/m.0/s1. The molecule has 0 aliphatic rings. The Morgan fingerprint density at radius 1 is 1.33 bits per heavy atom. The largest absolute Gasteiger partial charge is 0.481 e. The summed E-state index contributed by atoms with van der Waals surface area (Å²) in [6, 6.07) is -0.731. The van der Waals surface area contributed by atoms with Crippen LogP contribution in [0, 0.1) is 5.41 Å². The number of aliphatic carboxylic acids is 2. The lowest BCUT2D eigenvalue weighted by Crippen LogP contribution is -2.25. The van der Waals surface area contributed by atoms with Crippen LogP contribution in [0.4, 0.5) is 0 Å². The Morgan fingerprint density at radius 3 is 1.73 bits per heavy atom. The molecule has 0 unspecified atom stereocenters. The summed E-state index contributed by atoms with van der Waals surface area (Å²) in [6.07, 6.45) is 1.18. The molecular weight excluding hydrogens is 198 g/mol. The summed E-state index contributed by atoms with van der Waals surface area (Å²) < 4.78 is 0. The highest BCUT2D eigenvalue weighted by Gasteiger charge is 2.18. The molecule has 5 heteroatoms.